The molecule has 4 aromatic heterocycles. The zero-order valence-corrected chi connectivity index (χ0v) is 21.5. The maximum absolute atomic E-state index is 15.2. The summed E-state index contributed by atoms with van der Waals surface area (Å²) in [6, 6.07) is 5.37. The molecular formula is C23H18Cl2F3N9O2. The van der Waals surface area contributed by atoms with Crippen LogP contribution in [0.2, 0.25) is 10.0 Å². The smallest absolute Gasteiger partial charge is 0.333 e. The van der Waals surface area contributed by atoms with E-state index >= 15 is 4.39 Å². The molecule has 202 valence electrons. The molecule has 4 heterocycles. The van der Waals surface area contributed by atoms with E-state index in [-0.39, 0.29) is 44.9 Å². The predicted octanol–water partition coefficient (Wildman–Crippen LogP) is 4.49. The average Bonchev–Trinajstić information content (AvgIpc) is 3.68. The second kappa shape index (κ2) is 11.0. The van der Waals surface area contributed by atoms with Gasteiger partial charge >= 0.3 is 6.55 Å². The number of hydrogen-bond donors (Lipinski definition) is 0. The summed E-state index contributed by atoms with van der Waals surface area (Å²) in [6.45, 7) is -2.58. The van der Waals surface area contributed by atoms with Crippen LogP contribution >= 0.6 is 23.2 Å². The van der Waals surface area contributed by atoms with Gasteiger partial charge in [0.25, 0.3) is 0 Å². The van der Waals surface area contributed by atoms with Crippen molar-refractivity contribution < 1.29 is 22.6 Å². The standard InChI is InChI=1S/C23H18Cl2F3N9O2/c1-39-7-6-17(34-9-14(8-30-34)22-16(25)11-35(31-22)23(27)28)18-4-2-13(10-37(18)38)20-19(36-12-29-32-33-36)5-3-15(24)21(20)26/h2-5,8-12,17,23H,6-7H2,1H3/t17-/m1/s1. The number of alkyl halides is 2. The normalized spacial score (nSPS) is 12.4. The van der Waals surface area contributed by atoms with E-state index in [4.69, 9.17) is 27.9 Å². The molecule has 0 fully saturated rings. The Morgan fingerprint density at radius 3 is 2.56 bits per heavy atom. The third-order valence-corrected chi connectivity index (χ3v) is 6.49. The van der Waals surface area contributed by atoms with E-state index in [1.54, 1.807) is 12.3 Å². The number of tetrazole rings is 1. The average molecular weight is 580 g/mol. The van der Waals surface area contributed by atoms with Crippen molar-refractivity contribution >= 4 is 23.2 Å². The maximum Gasteiger partial charge on any atom is 0.333 e. The lowest BCUT2D eigenvalue weighted by atomic mass is 10.0. The van der Waals surface area contributed by atoms with Gasteiger partial charge in [-0.05, 0) is 28.6 Å². The van der Waals surface area contributed by atoms with Gasteiger partial charge in [0.1, 0.15) is 18.1 Å². The molecule has 0 spiro atoms. The van der Waals surface area contributed by atoms with Crippen molar-refractivity contribution in [1.29, 1.82) is 0 Å². The fourth-order valence-electron chi connectivity index (χ4n) is 4.12. The number of halogens is 5. The topological polar surface area (TPSA) is 115 Å². The van der Waals surface area contributed by atoms with Crippen LogP contribution in [0.5, 0.6) is 0 Å². The highest BCUT2D eigenvalue weighted by Crippen LogP contribution is 2.34. The number of aromatic nitrogens is 9. The summed E-state index contributed by atoms with van der Waals surface area (Å²) in [7, 11) is 1.51. The minimum absolute atomic E-state index is 0.0217. The summed E-state index contributed by atoms with van der Waals surface area (Å²) in [5.41, 5.74) is 1.30. The third-order valence-electron chi connectivity index (χ3n) is 5.92. The molecule has 5 aromatic rings. The molecule has 0 N–H and O–H groups in total. The van der Waals surface area contributed by atoms with Gasteiger partial charge in [0.15, 0.2) is 12.0 Å². The van der Waals surface area contributed by atoms with Crippen molar-refractivity contribution in [3.8, 4) is 28.1 Å². The van der Waals surface area contributed by atoms with Crippen LogP contribution in [-0.2, 0) is 4.74 Å². The molecule has 1 atom stereocenters. The number of hydrogen-bond acceptors (Lipinski definition) is 7. The quantitative estimate of drug-likeness (QED) is 0.186. The Labute approximate surface area is 228 Å². The molecule has 39 heavy (non-hydrogen) atoms. The largest absolute Gasteiger partial charge is 0.618 e. The SMILES string of the molecule is COCC[C@H](c1ccc(-c2c(-n3cnnn3)ccc(Cl)c2F)c[n+]1[O-])n1cc(-c2nn(C(F)F)cc2Cl)cn1. The monoisotopic (exact) mass is 579 g/mol. The minimum Gasteiger partial charge on any atom is -0.618 e. The predicted molar refractivity (Wildman–Crippen MR) is 133 cm³/mol. The fourth-order valence-corrected chi connectivity index (χ4v) is 4.52. The van der Waals surface area contributed by atoms with Gasteiger partial charge in [-0.1, -0.05) is 23.2 Å². The molecule has 5 rings (SSSR count). The summed E-state index contributed by atoms with van der Waals surface area (Å²) < 4.78 is 50.3. The molecule has 0 bridgehead atoms. The van der Waals surface area contributed by atoms with E-state index in [1.807, 2.05) is 0 Å². The van der Waals surface area contributed by atoms with E-state index < -0.39 is 18.4 Å². The molecule has 16 heteroatoms. The van der Waals surface area contributed by atoms with Crippen LogP contribution in [0.4, 0.5) is 13.2 Å². The maximum atomic E-state index is 15.2. The highest BCUT2D eigenvalue weighted by molar-refractivity contribution is 6.33. The van der Waals surface area contributed by atoms with Crippen LogP contribution in [0.15, 0.2) is 55.4 Å². The van der Waals surface area contributed by atoms with Crippen LogP contribution in [0, 0.1) is 11.0 Å². The minimum atomic E-state index is -2.86. The van der Waals surface area contributed by atoms with Gasteiger partial charge in [-0.3, -0.25) is 4.68 Å². The number of benzene rings is 1. The van der Waals surface area contributed by atoms with Crippen molar-refractivity contribution in [3.63, 3.8) is 0 Å². The number of methoxy groups -OCH3 is 1. The molecule has 0 aliphatic heterocycles. The van der Waals surface area contributed by atoms with Crippen molar-refractivity contribution in [1.82, 2.24) is 39.8 Å². The lowest BCUT2D eigenvalue weighted by Gasteiger charge is -2.18. The molecule has 0 unspecified atom stereocenters. The van der Waals surface area contributed by atoms with Crippen LogP contribution in [0.25, 0.3) is 28.1 Å². The number of nitrogens with zero attached hydrogens (tertiary/aromatic N) is 9. The van der Waals surface area contributed by atoms with Crippen LogP contribution in [0.3, 0.4) is 0 Å². The third kappa shape index (κ3) is 5.17. The van der Waals surface area contributed by atoms with Crippen molar-refractivity contribution in [2.75, 3.05) is 13.7 Å². The lowest BCUT2D eigenvalue weighted by molar-refractivity contribution is -0.615. The summed E-state index contributed by atoms with van der Waals surface area (Å²) in [5, 5.41) is 32.3. The van der Waals surface area contributed by atoms with Crippen LogP contribution < -0.4 is 4.73 Å². The van der Waals surface area contributed by atoms with E-state index in [0.717, 1.165) is 6.20 Å². The molecule has 0 saturated heterocycles. The molecule has 0 aliphatic carbocycles. The molecule has 0 aliphatic rings. The van der Waals surface area contributed by atoms with E-state index in [0.29, 0.717) is 21.4 Å². The van der Waals surface area contributed by atoms with E-state index in [1.165, 1.54) is 53.4 Å². The fraction of sp³-hybridized carbons (Fsp3) is 0.217. The Morgan fingerprint density at radius 2 is 1.90 bits per heavy atom. The second-order valence-electron chi connectivity index (χ2n) is 8.27. The molecule has 0 saturated carbocycles. The van der Waals surface area contributed by atoms with Gasteiger partial charge < -0.3 is 9.94 Å². The van der Waals surface area contributed by atoms with Crippen LogP contribution in [-0.4, -0.2) is 53.5 Å². The van der Waals surface area contributed by atoms with Gasteiger partial charge in [0, 0.05) is 38.0 Å². The highest BCUT2D eigenvalue weighted by Gasteiger charge is 2.26. The Balaban J connectivity index is 1.54. The zero-order valence-electron chi connectivity index (χ0n) is 20.0. The molecule has 11 nitrogen and oxygen atoms in total. The lowest BCUT2D eigenvalue weighted by Crippen LogP contribution is -2.36. The first-order chi connectivity index (χ1) is 18.8. The molecule has 1 aromatic carbocycles. The first-order valence-corrected chi connectivity index (χ1v) is 12.0. The summed E-state index contributed by atoms with van der Waals surface area (Å²) in [5.74, 6) is -0.745. The van der Waals surface area contributed by atoms with Crippen molar-refractivity contribution in [2.24, 2.45) is 0 Å². The summed E-state index contributed by atoms with van der Waals surface area (Å²) >= 11 is 12.1. The summed E-state index contributed by atoms with van der Waals surface area (Å²) in [4.78, 5) is 0. The van der Waals surface area contributed by atoms with Gasteiger partial charge in [0.2, 0.25) is 5.69 Å². The molecule has 0 radical (unpaired) electrons. The Morgan fingerprint density at radius 1 is 1.08 bits per heavy atom. The van der Waals surface area contributed by atoms with Gasteiger partial charge in [-0.15, -0.1) is 5.10 Å². The summed E-state index contributed by atoms with van der Waals surface area (Å²) in [6.07, 6.45) is 6.81. The van der Waals surface area contributed by atoms with Crippen LogP contribution in [0.1, 0.15) is 24.7 Å². The first-order valence-electron chi connectivity index (χ1n) is 11.3. The van der Waals surface area contributed by atoms with Gasteiger partial charge in [0.05, 0.1) is 39.3 Å². The van der Waals surface area contributed by atoms with Crippen molar-refractivity contribution in [3.05, 3.63) is 82.1 Å². The molecule has 0 amide bonds. The Hall–Kier alpha value is -4.01. The first kappa shape index (κ1) is 26.6. The highest BCUT2D eigenvalue weighted by atomic mass is 35.5. The van der Waals surface area contributed by atoms with E-state index in [9.17, 15) is 14.0 Å². The number of rotatable bonds is 9. The number of pyridine rings is 1. The molecular weight excluding hydrogens is 562 g/mol. The van der Waals surface area contributed by atoms with Gasteiger partial charge in [-0.2, -0.15) is 28.4 Å². The van der Waals surface area contributed by atoms with Crippen molar-refractivity contribution in [2.45, 2.75) is 19.0 Å². The van der Waals surface area contributed by atoms with E-state index in [2.05, 4.69) is 25.7 Å². The second-order valence-corrected chi connectivity index (χ2v) is 9.08. The van der Waals surface area contributed by atoms with Gasteiger partial charge in [-0.25, -0.2) is 9.07 Å². The Bertz CT molecular complexity index is 1610. The Kier molecular flexibility index (Phi) is 7.50. The number of ether oxygens (including phenoxy) is 1. The zero-order chi connectivity index (χ0) is 27.7.